The first-order valence-corrected chi connectivity index (χ1v) is 8.83. The molecule has 5 nitrogen and oxygen atoms in total. The van der Waals surface area contributed by atoms with E-state index in [4.69, 9.17) is 4.42 Å². The molecular formula is C22H22N2O3. The second-order valence-electron chi connectivity index (χ2n) is 6.62. The summed E-state index contributed by atoms with van der Waals surface area (Å²) in [5.41, 5.74) is 4.71. The zero-order valence-corrected chi connectivity index (χ0v) is 15.4. The average Bonchev–Trinajstić information content (AvgIpc) is 3.21. The van der Waals surface area contributed by atoms with Gasteiger partial charge in [0.1, 0.15) is 0 Å². The van der Waals surface area contributed by atoms with Gasteiger partial charge in [-0.15, -0.1) is 0 Å². The summed E-state index contributed by atoms with van der Waals surface area (Å²) in [6.07, 6.45) is 3.30. The van der Waals surface area contributed by atoms with Crippen LogP contribution < -0.4 is 10.6 Å². The van der Waals surface area contributed by atoms with Crippen LogP contribution in [0.2, 0.25) is 0 Å². The summed E-state index contributed by atoms with van der Waals surface area (Å²) in [6, 6.07) is 17.1. The van der Waals surface area contributed by atoms with Crippen LogP contribution in [0.3, 0.4) is 0 Å². The first-order chi connectivity index (χ1) is 13.0. The zero-order valence-electron chi connectivity index (χ0n) is 15.4. The Bertz CT molecular complexity index is 896. The second-order valence-corrected chi connectivity index (χ2v) is 6.62. The van der Waals surface area contributed by atoms with Gasteiger partial charge in [0.2, 0.25) is 0 Å². The fraction of sp³-hybridized carbons (Fsp3) is 0.182. The van der Waals surface area contributed by atoms with Gasteiger partial charge in [0.25, 0.3) is 0 Å². The molecule has 0 aliphatic heterocycles. The lowest BCUT2D eigenvalue weighted by Gasteiger charge is -2.09. The van der Waals surface area contributed by atoms with Crippen molar-refractivity contribution in [3.05, 3.63) is 78.3 Å². The van der Waals surface area contributed by atoms with E-state index in [0.29, 0.717) is 11.6 Å². The van der Waals surface area contributed by atoms with Crippen molar-refractivity contribution in [2.75, 3.05) is 5.32 Å². The van der Waals surface area contributed by atoms with Crippen molar-refractivity contribution in [3.63, 3.8) is 0 Å². The van der Waals surface area contributed by atoms with Crippen LogP contribution in [-0.2, 0) is 16.1 Å². The number of anilines is 1. The van der Waals surface area contributed by atoms with E-state index >= 15 is 0 Å². The molecular weight excluding hydrogens is 340 g/mol. The van der Waals surface area contributed by atoms with Crippen molar-refractivity contribution in [3.8, 4) is 11.1 Å². The molecule has 3 rings (SSSR count). The minimum atomic E-state index is -0.678. The molecule has 27 heavy (non-hydrogen) atoms. The van der Waals surface area contributed by atoms with Crippen LogP contribution in [0.4, 0.5) is 5.69 Å². The van der Waals surface area contributed by atoms with E-state index in [2.05, 4.69) is 24.5 Å². The summed E-state index contributed by atoms with van der Waals surface area (Å²) < 4.78 is 5.07. The summed E-state index contributed by atoms with van der Waals surface area (Å²) >= 11 is 0. The number of carbonyl (C=O) groups is 2. The van der Waals surface area contributed by atoms with Crippen molar-refractivity contribution >= 4 is 17.5 Å². The number of rotatable bonds is 5. The molecule has 0 bridgehead atoms. The Morgan fingerprint density at radius 1 is 0.889 bits per heavy atom. The highest BCUT2D eigenvalue weighted by Crippen LogP contribution is 2.20. The minimum absolute atomic E-state index is 0.282. The molecule has 0 aliphatic rings. The number of nitrogens with one attached hydrogen (secondary N) is 2. The average molecular weight is 362 g/mol. The summed E-state index contributed by atoms with van der Waals surface area (Å²) in [6.45, 7) is 4.48. The third kappa shape index (κ3) is 4.85. The van der Waals surface area contributed by atoms with E-state index in [-0.39, 0.29) is 6.54 Å². The first-order valence-electron chi connectivity index (χ1n) is 8.83. The van der Waals surface area contributed by atoms with Crippen LogP contribution in [0, 0.1) is 0 Å². The van der Waals surface area contributed by atoms with E-state index in [0.717, 1.165) is 16.7 Å². The van der Waals surface area contributed by atoms with Gasteiger partial charge in [-0.3, -0.25) is 9.59 Å². The van der Waals surface area contributed by atoms with Gasteiger partial charge in [-0.25, -0.2) is 0 Å². The number of amides is 2. The lowest BCUT2D eigenvalue weighted by molar-refractivity contribution is -0.136. The Morgan fingerprint density at radius 3 is 2.19 bits per heavy atom. The third-order valence-corrected chi connectivity index (χ3v) is 4.30. The van der Waals surface area contributed by atoms with E-state index in [1.807, 2.05) is 42.5 Å². The Hall–Kier alpha value is -3.34. The highest BCUT2D eigenvalue weighted by Gasteiger charge is 2.13. The van der Waals surface area contributed by atoms with E-state index < -0.39 is 11.8 Å². The summed E-state index contributed by atoms with van der Waals surface area (Å²) in [5, 5.41) is 5.24. The Morgan fingerprint density at radius 2 is 1.59 bits per heavy atom. The normalized spacial score (nSPS) is 10.6. The molecule has 1 heterocycles. The fourth-order valence-corrected chi connectivity index (χ4v) is 2.65. The van der Waals surface area contributed by atoms with Crippen LogP contribution in [0.15, 0.2) is 71.5 Å². The molecule has 0 aliphatic carbocycles. The minimum Gasteiger partial charge on any atom is -0.472 e. The summed E-state index contributed by atoms with van der Waals surface area (Å²) in [5.74, 6) is -0.929. The van der Waals surface area contributed by atoms with E-state index in [9.17, 15) is 9.59 Å². The Labute approximate surface area is 158 Å². The van der Waals surface area contributed by atoms with Gasteiger partial charge in [-0.1, -0.05) is 50.2 Å². The lowest BCUT2D eigenvalue weighted by atomic mass is 10.0. The van der Waals surface area contributed by atoms with Crippen LogP contribution >= 0.6 is 0 Å². The van der Waals surface area contributed by atoms with Gasteiger partial charge in [-0.2, -0.15) is 0 Å². The predicted octanol–water partition coefficient (Wildman–Crippen LogP) is 4.32. The van der Waals surface area contributed by atoms with Gasteiger partial charge >= 0.3 is 11.8 Å². The molecule has 2 aromatic carbocycles. The smallest absolute Gasteiger partial charge is 0.313 e. The first kappa shape index (κ1) is 18.5. The zero-order chi connectivity index (χ0) is 19.2. The second kappa shape index (κ2) is 8.36. The molecule has 1 aromatic heterocycles. The molecule has 138 valence electrons. The van der Waals surface area contributed by atoms with E-state index in [1.54, 1.807) is 24.7 Å². The largest absolute Gasteiger partial charge is 0.472 e. The van der Waals surface area contributed by atoms with Crippen molar-refractivity contribution in [2.24, 2.45) is 0 Å². The van der Waals surface area contributed by atoms with Crippen molar-refractivity contribution in [1.29, 1.82) is 0 Å². The molecule has 0 saturated carbocycles. The van der Waals surface area contributed by atoms with Crippen molar-refractivity contribution in [1.82, 2.24) is 5.32 Å². The highest BCUT2D eigenvalue weighted by atomic mass is 16.3. The summed E-state index contributed by atoms with van der Waals surface area (Å²) in [4.78, 5) is 24.0. The molecule has 2 amide bonds. The number of hydrogen-bond donors (Lipinski definition) is 2. The predicted molar refractivity (Wildman–Crippen MR) is 105 cm³/mol. The summed E-state index contributed by atoms with van der Waals surface area (Å²) in [7, 11) is 0. The van der Waals surface area contributed by atoms with Crippen molar-refractivity contribution < 1.29 is 14.0 Å². The maximum Gasteiger partial charge on any atom is 0.313 e. The molecule has 0 unspecified atom stereocenters. The molecule has 0 radical (unpaired) electrons. The number of benzene rings is 2. The van der Waals surface area contributed by atoms with Crippen LogP contribution in [0.25, 0.3) is 11.1 Å². The lowest BCUT2D eigenvalue weighted by Crippen LogP contribution is -2.34. The quantitative estimate of drug-likeness (QED) is 0.664. The van der Waals surface area contributed by atoms with Crippen LogP contribution in [-0.4, -0.2) is 11.8 Å². The van der Waals surface area contributed by atoms with Gasteiger partial charge in [0.05, 0.1) is 12.5 Å². The van der Waals surface area contributed by atoms with Gasteiger partial charge < -0.3 is 15.1 Å². The Balaban J connectivity index is 1.51. The highest BCUT2D eigenvalue weighted by molar-refractivity contribution is 6.39. The van der Waals surface area contributed by atoms with Crippen LogP contribution in [0.1, 0.15) is 30.9 Å². The molecule has 5 heteroatoms. The third-order valence-electron chi connectivity index (χ3n) is 4.30. The van der Waals surface area contributed by atoms with Crippen molar-refractivity contribution in [2.45, 2.75) is 26.3 Å². The molecule has 0 spiro atoms. The topological polar surface area (TPSA) is 71.3 Å². The standard InChI is InChI=1S/C22H22N2O3/c1-15(2)17-7-9-20(10-8-17)24-22(26)21(25)23-13-16-3-5-18(6-4-16)19-11-12-27-14-19/h3-12,14-15H,13H2,1-2H3,(H,23,25)(H,24,26). The number of furan rings is 1. The van der Waals surface area contributed by atoms with Gasteiger partial charge in [0, 0.05) is 17.8 Å². The number of carbonyl (C=O) groups excluding carboxylic acids is 2. The monoisotopic (exact) mass is 362 g/mol. The molecule has 0 saturated heterocycles. The van der Waals surface area contributed by atoms with E-state index in [1.165, 1.54) is 5.56 Å². The Kier molecular flexibility index (Phi) is 5.71. The maximum absolute atomic E-state index is 12.0. The van der Waals surface area contributed by atoms with Gasteiger partial charge in [-0.05, 0) is 40.8 Å². The molecule has 0 fully saturated rings. The SMILES string of the molecule is CC(C)c1ccc(NC(=O)C(=O)NCc2ccc(-c3ccoc3)cc2)cc1. The van der Waals surface area contributed by atoms with Gasteiger partial charge in [0.15, 0.2) is 0 Å². The molecule has 0 atom stereocenters. The molecule has 2 N–H and O–H groups in total. The fourth-order valence-electron chi connectivity index (χ4n) is 2.65. The molecule has 3 aromatic rings. The maximum atomic E-state index is 12.0. The number of hydrogen-bond acceptors (Lipinski definition) is 3. The van der Waals surface area contributed by atoms with Crippen LogP contribution in [0.5, 0.6) is 0 Å².